The van der Waals surface area contributed by atoms with E-state index in [1.807, 2.05) is 17.0 Å². The summed E-state index contributed by atoms with van der Waals surface area (Å²) in [6, 6.07) is 10.1. The lowest BCUT2D eigenvalue weighted by atomic mass is 10.1. The van der Waals surface area contributed by atoms with Crippen LogP contribution in [0, 0.1) is 17.7 Å². The Kier molecular flexibility index (Phi) is 5.96. The van der Waals surface area contributed by atoms with Crippen molar-refractivity contribution in [3.8, 4) is 17.1 Å². The van der Waals surface area contributed by atoms with Crippen molar-refractivity contribution in [2.45, 2.75) is 26.7 Å². The van der Waals surface area contributed by atoms with Gasteiger partial charge in [0.2, 0.25) is 5.91 Å². The Morgan fingerprint density at radius 1 is 1.22 bits per heavy atom. The maximum Gasteiger partial charge on any atom is 0.228 e. The van der Waals surface area contributed by atoms with Crippen LogP contribution in [-0.4, -0.2) is 75.6 Å². The summed E-state index contributed by atoms with van der Waals surface area (Å²) in [6.07, 6.45) is 3.35. The number of aromatic nitrogens is 6. The van der Waals surface area contributed by atoms with Crippen LogP contribution < -0.4 is 19.9 Å². The summed E-state index contributed by atoms with van der Waals surface area (Å²) in [6.45, 7) is -2.68. The first kappa shape index (κ1) is 22.6. The molecule has 13 heteroatoms. The van der Waals surface area contributed by atoms with Gasteiger partial charge in [-0.2, -0.15) is 0 Å². The Morgan fingerprint density at radius 3 is 2.82 bits per heavy atom. The van der Waals surface area contributed by atoms with Crippen LogP contribution in [0.2, 0.25) is 0 Å². The average molecular weight is 618 g/mol. The molecular formula is C32H34FN9O3. The van der Waals surface area contributed by atoms with Crippen molar-refractivity contribution in [3.63, 3.8) is 0 Å². The number of rotatable bonds is 9. The van der Waals surface area contributed by atoms with E-state index in [1.165, 1.54) is 22.8 Å². The smallest absolute Gasteiger partial charge is 0.228 e. The number of ether oxygens (including phenoxy) is 2. The Bertz CT molecular complexity index is 2090. The molecule has 45 heavy (non-hydrogen) atoms. The van der Waals surface area contributed by atoms with Crippen LogP contribution in [-0.2, 0) is 16.1 Å². The number of nitrogens with one attached hydrogen (secondary N) is 1. The molecule has 1 aliphatic carbocycles. The quantitative estimate of drug-likeness (QED) is 0.256. The van der Waals surface area contributed by atoms with Gasteiger partial charge in [-0.1, -0.05) is 19.0 Å². The third-order valence-electron chi connectivity index (χ3n) is 8.00. The number of nitrogens with zero attached hydrogens (tertiary/aromatic N) is 8. The molecule has 5 heterocycles. The molecule has 0 unspecified atom stereocenters. The van der Waals surface area contributed by atoms with Crippen LogP contribution >= 0.6 is 0 Å². The summed E-state index contributed by atoms with van der Waals surface area (Å²) in [5, 5.41) is 16.2. The van der Waals surface area contributed by atoms with Crippen LogP contribution in [0.5, 0.6) is 5.75 Å². The molecule has 5 aromatic rings. The summed E-state index contributed by atoms with van der Waals surface area (Å²) in [5.41, 5.74) is 1.87. The van der Waals surface area contributed by atoms with E-state index in [-0.39, 0.29) is 48.1 Å². The molecule has 0 spiro atoms. The van der Waals surface area contributed by atoms with E-state index in [4.69, 9.17) is 17.7 Å². The number of amides is 1. The van der Waals surface area contributed by atoms with Gasteiger partial charge >= 0.3 is 0 Å². The second-order valence-electron chi connectivity index (χ2n) is 11.0. The highest BCUT2D eigenvalue weighted by Gasteiger charge is 2.39. The molecule has 0 bridgehead atoms. The molecule has 7 rings (SSSR count). The van der Waals surface area contributed by atoms with Gasteiger partial charge in [-0.25, -0.2) is 18.9 Å². The third-order valence-corrected chi connectivity index (χ3v) is 8.00. The Balaban J connectivity index is 1.32. The number of hydrogen-bond donors (Lipinski definition) is 1. The number of carbonyl (C=O) groups excluding carboxylic acids is 1. The number of hydrogen-bond acceptors (Lipinski definition) is 10. The lowest BCUT2D eigenvalue weighted by molar-refractivity contribution is -0.117. The Labute approximate surface area is 267 Å². The molecular weight excluding hydrogens is 577 g/mol. The van der Waals surface area contributed by atoms with Gasteiger partial charge in [0.15, 0.2) is 28.9 Å². The van der Waals surface area contributed by atoms with Crippen LogP contribution in [0.25, 0.3) is 27.9 Å². The number of benzene rings is 1. The van der Waals surface area contributed by atoms with Gasteiger partial charge in [0.05, 0.1) is 32.2 Å². The van der Waals surface area contributed by atoms with Crippen LogP contribution in [0.3, 0.4) is 0 Å². The van der Waals surface area contributed by atoms with E-state index < -0.39 is 37.3 Å². The molecule has 2 aliphatic rings. The van der Waals surface area contributed by atoms with E-state index in [1.54, 1.807) is 30.3 Å². The lowest BCUT2D eigenvalue weighted by Crippen LogP contribution is -2.36. The lowest BCUT2D eigenvalue weighted by Gasteiger charge is -2.28. The number of morpholine rings is 1. The molecule has 1 saturated carbocycles. The topological polar surface area (TPSA) is 123 Å². The third kappa shape index (κ3) is 5.70. The highest BCUT2D eigenvalue weighted by Crippen LogP contribution is 2.39. The number of carbonyl (C=O) groups is 1. The summed E-state index contributed by atoms with van der Waals surface area (Å²) in [5.74, 6) is -1.58. The van der Waals surface area contributed by atoms with Gasteiger partial charge in [-0.05, 0) is 43.0 Å². The fourth-order valence-corrected chi connectivity index (χ4v) is 5.39. The van der Waals surface area contributed by atoms with Gasteiger partial charge in [-0.15, -0.1) is 15.3 Å². The maximum atomic E-state index is 15.5. The van der Waals surface area contributed by atoms with Crippen molar-refractivity contribution >= 4 is 39.8 Å². The first-order chi connectivity index (χ1) is 24.3. The van der Waals surface area contributed by atoms with E-state index in [2.05, 4.69) is 30.6 Å². The maximum absolute atomic E-state index is 15.5. The van der Waals surface area contributed by atoms with Gasteiger partial charge in [-0.3, -0.25) is 4.79 Å². The molecule has 232 valence electrons. The zero-order valence-corrected chi connectivity index (χ0v) is 24.4. The number of halogens is 1. The fourth-order valence-electron chi connectivity index (χ4n) is 5.39. The minimum atomic E-state index is -2.39. The summed E-state index contributed by atoms with van der Waals surface area (Å²) in [7, 11) is 1.55. The van der Waals surface area contributed by atoms with Crippen molar-refractivity contribution in [2.24, 2.45) is 11.8 Å². The molecule has 1 aromatic carbocycles. The van der Waals surface area contributed by atoms with E-state index in [0.29, 0.717) is 48.7 Å². The molecule has 1 aliphatic heterocycles. The van der Waals surface area contributed by atoms with E-state index >= 15 is 4.39 Å². The molecule has 1 N–H and O–H groups in total. The molecule has 1 saturated heterocycles. The molecule has 12 nitrogen and oxygen atoms in total. The van der Waals surface area contributed by atoms with Crippen molar-refractivity contribution in [2.75, 3.05) is 55.1 Å². The van der Waals surface area contributed by atoms with Gasteiger partial charge < -0.3 is 24.6 Å². The highest BCUT2D eigenvalue weighted by molar-refractivity contribution is 6.01. The van der Waals surface area contributed by atoms with Crippen molar-refractivity contribution < 1.29 is 26.9 Å². The molecule has 1 amide bonds. The van der Waals surface area contributed by atoms with Gasteiger partial charge in [0.1, 0.15) is 11.3 Å². The van der Waals surface area contributed by atoms with Crippen LogP contribution in [0.1, 0.15) is 33.9 Å². The highest BCUT2D eigenvalue weighted by atomic mass is 19.1. The van der Waals surface area contributed by atoms with Gasteiger partial charge in [0, 0.05) is 63.5 Å². The molecule has 2 fully saturated rings. The van der Waals surface area contributed by atoms with Crippen molar-refractivity contribution in [1.29, 1.82) is 0 Å². The van der Waals surface area contributed by atoms with E-state index in [0.717, 1.165) is 5.56 Å². The summed E-state index contributed by atoms with van der Waals surface area (Å²) < 4.78 is 74.7. The summed E-state index contributed by atoms with van der Waals surface area (Å²) >= 11 is 0. The number of pyridine rings is 2. The van der Waals surface area contributed by atoms with Crippen molar-refractivity contribution in [1.82, 2.24) is 29.8 Å². The SMILES string of the molecule is [2H]C([2H])([2H])CN(Cc1ccc(OC)cc1)c1ncc(-c2nc3c(F)cc(N4CCOCC4)cn3n2)c2cc(NC(=O)[C@H]3C[C@H]3C([2H])([2H])[2H])nnc12. The standard InChI is InChI=1S/C32H34FN9O3/c1-4-40(17-20-5-7-22(44-3)8-6-20)31-28-24(15-27(37-38-28)35-32(43)23-13-19(23)2)25(16-34-31)29-36-30-26(33)14-21(18-42(30)39-29)41-9-11-45-12-10-41/h5-8,14-16,18-19,23H,4,9-13,17H2,1-3H3,(H,35,37,43)/t19-,23+/m1/s1/i1D3,2D3. The number of anilines is 3. The zero-order chi connectivity index (χ0) is 36.1. The Morgan fingerprint density at radius 2 is 2.07 bits per heavy atom. The predicted molar refractivity (Wildman–Crippen MR) is 168 cm³/mol. The van der Waals surface area contributed by atoms with Crippen LogP contribution in [0.15, 0.2) is 48.8 Å². The molecule has 0 radical (unpaired) electrons. The minimum Gasteiger partial charge on any atom is -0.497 e. The monoisotopic (exact) mass is 617 g/mol. The predicted octanol–water partition coefficient (Wildman–Crippen LogP) is 4.34. The number of methoxy groups -OCH3 is 1. The van der Waals surface area contributed by atoms with Crippen LogP contribution in [0.4, 0.5) is 21.7 Å². The first-order valence-electron chi connectivity index (χ1n) is 17.5. The summed E-state index contributed by atoms with van der Waals surface area (Å²) in [4.78, 5) is 25.7. The second-order valence-corrected chi connectivity index (χ2v) is 11.0. The van der Waals surface area contributed by atoms with Crippen molar-refractivity contribution in [3.05, 3.63) is 60.2 Å². The largest absolute Gasteiger partial charge is 0.497 e. The van der Waals surface area contributed by atoms with E-state index in [9.17, 15) is 4.79 Å². The first-order valence-corrected chi connectivity index (χ1v) is 14.5. The van der Waals surface area contributed by atoms with Gasteiger partial charge in [0.25, 0.3) is 0 Å². The molecule has 4 aromatic heterocycles. The molecule has 2 atom stereocenters. The normalized spacial score (nSPS) is 20.4. The second kappa shape index (κ2) is 11.9. The zero-order valence-electron chi connectivity index (χ0n) is 30.4. The minimum absolute atomic E-state index is 0.0252. The average Bonchev–Trinajstić information content (AvgIpc) is 3.81. The number of fused-ring (bicyclic) bond motifs is 2. The fraction of sp³-hybridized carbons (Fsp3) is 0.375. The Hall–Kier alpha value is -4.91.